The SMILES string of the molecule is CC(OC(=O)/C=C/c1cn(-c2ccccc2)nc1-c1ccccc1)C(=O)Nc1cccc([N+](=O)[O-])c1. The predicted octanol–water partition coefficient (Wildman–Crippen LogP) is 5.03. The highest BCUT2D eigenvalue weighted by atomic mass is 16.6. The molecule has 1 atom stereocenters. The Hall–Kier alpha value is -5.05. The molecule has 0 bridgehead atoms. The van der Waals surface area contributed by atoms with E-state index in [4.69, 9.17) is 4.74 Å². The van der Waals surface area contributed by atoms with Gasteiger partial charge in [0.15, 0.2) is 6.10 Å². The fourth-order valence-electron chi connectivity index (χ4n) is 3.41. The van der Waals surface area contributed by atoms with Gasteiger partial charge in [0, 0.05) is 41.2 Å². The molecule has 4 aromatic rings. The van der Waals surface area contributed by atoms with Crippen molar-refractivity contribution >= 4 is 29.3 Å². The number of aromatic nitrogens is 2. The summed E-state index contributed by atoms with van der Waals surface area (Å²) in [6, 6.07) is 24.6. The van der Waals surface area contributed by atoms with Gasteiger partial charge in [0.25, 0.3) is 11.6 Å². The average Bonchev–Trinajstić information content (AvgIpc) is 3.33. The molecule has 4 rings (SSSR count). The van der Waals surface area contributed by atoms with Crippen LogP contribution in [0, 0.1) is 10.1 Å². The molecule has 0 spiro atoms. The molecule has 1 N–H and O–H groups in total. The number of nitrogens with one attached hydrogen (secondary N) is 1. The zero-order valence-electron chi connectivity index (χ0n) is 19.3. The van der Waals surface area contributed by atoms with Crippen LogP contribution in [-0.2, 0) is 14.3 Å². The number of para-hydroxylation sites is 1. The first-order valence-corrected chi connectivity index (χ1v) is 11.1. The maximum atomic E-state index is 12.4. The van der Waals surface area contributed by atoms with Gasteiger partial charge >= 0.3 is 5.97 Å². The molecule has 0 saturated heterocycles. The molecule has 1 heterocycles. The van der Waals surface area contributed by atoms with E-state index in [2.05, 4.69) is 10.4 Å². The zero-order chi connectivity index (χ0) is 25.5. The van der Waals surface area contributed by atoms with E-state index in [1.165, 1.54) is 37.3 Å². The largest absolute Gasteiger partial charge is 0.449 e. The Labute approximate surface area is 206 Å². The number of carbonyl (C=O) groups is 2. The summed E-state index contributed by atoms with van der Waals surface area (Å²) in [6.45, 7) is 1.42. The first kappa shape index (κ1) is 24.1. The lowest BCUT2D eigenvalue weighted by molar-refractivity contribution is -0.384. The highest BCUT2D eigenvalue weighted by molar-refractivity contribution is 5.97. The van der Waals surface area contributed by atoms with Crippen molar-refractivity contribution in [3.8, 4) is 16.9 Å². The topological polar surface area (TPSA) is 116 Å². The van der Waals surface area contributed by atoms with Crippen LogP contribution >= 0.6 is 0 Å². The standard InChI is InChI=1S/C27H22N4O5/c1-19(27(33)28-22-11-8-14-24(17-22)31(34)35)36-25(32)16-15-21-18-30(23-12-6-3-7-13-23)29-26(21)20-9-4-2-5-10-20/h2-19H,1H3,(H,28,33)/b16-15+. The first-order valence-electron chi connectivity index (χ1n) is 11.1. The number of hydrogen-bond acceptors (Lipinski definition) is 6. The number of amides is 1. The number of ether oxygens (including phenoxy) is 1. The van der Waals surface area contributed by atoms with Gasteiger partial charge in [0.2, 0.25) is 0 Å². The number of benzene rings is 3. The number of non-ortho nitro benzene ring substituents is 1. The van der Waals surface area contributed by atoms with Crippen LogP contribution in [0.2, 0.25) is 0 Å². The van der Waals surface area contributed by atoms with Crippen molar-refractivity contribution < 1.29 is 19.2 Å². The summed E-state index contributed by atoms with van der Waals surface area (Å²) in [4.78, 5) is 35.2. The summed E-state index contributed by atoms with van der Waals surface area (Å²) in [5, 5.41) is 18.1. The number of nitro benzene ring substituents is 1. The van der Waals surface area contributed by atoms with Crippen LogP contribution in [0.5, 0.6) is 0 Å². The highest BCUT2D eigenvalue weighted by Crippen LogP contribution is 2.25. The van der Waals surface area contributed by atoms with Gasteiger partial charge in [-0.25, -0.2) is 9.48 Å². The number of carbonyl (C=O) groups excluding carboxylic acids is 2. The van der Waals surface area contributed by atoms with Crippen molar-refractivity contribution in [1.29, 1.82) is 0 Å². The molecule has 9 heteroatoms. The van der Waals surface area contributed by atoms with Crippen molar-refractivity contribution in [2.24, 2.45) is 0 Å². The molecule has 0 aliphatic heterocycles. The van der Waals surface area contributed by atoms with Crippen LogP contribution in [0.3, 0.4) is 0 Å². The fourth-order valence-corrected chi connectivity index (χ4v) is 3.41. The van der Waals surface area contributed by atoms with E-state index in [9.17, 15) is 19.7 Å². The van der Waals surface area contributed by atoms with Crippen LogP contribution in [0.4, 0.5) is 11.4 Å². The van der Waals surface area contributed by atoms with Gasteiger partial charge < -0.3 is 10.1 Å². The Morgan fingerprint density at radius 3 is 2.42 bits per heavy atom. The van der Waals surface area contributed by atoms with Gasteiger partial charge in [-0.15, -0.1) is 0 Å². The number of nitrogens with zero attached hydrogens (tertiary/aromatic N) is 3. The van der Waals surface area contributed by atoms with Crippen LogP contribution in [-0.4, -0.2) is 32.7 Å². The molecule has 0 aliphatic carbocycles. The number of rotatable bonds is 8. The summed E-state index contributed by atoms with van der Waals surface area (Å²) in [6.07, 6.45) is 3.50. The molecular weight excluding hydrogens is 460 g/mol. The molecule has 0 radical (unpaired) electrons. The smallest absolute Gasteiger partial charge is 0.331 e. The Kier molecular flexibility index (Phi) is 7.30. The third kappa shape index (κ3) is 5.89. The van der Waals surface area contributed by atoms with Gasteiger partial charge in [0.05, 0.1) is 16.3 Å². The second-order valence-electron chi connectivity index (χ2n) is 7.79. The Morgan fingerprint density at radius 1 is 1.03 bits per heavy atom. The highest BCUT2D eigenvalue weighted by Gasteiger charge is 2.18. The molecular formula is C27H22N4O5. The summed E-state index contributed by atoms with van der Waals surface area (Å²) >= 11 is 0. The van der Waals surface area contributed by atoms with Crippen LogP contribution < -0.4 is 5.32 Å². The summed E-state index contributed by atoms with van der Waals surface area (Å²) in [5.41, 5.74) is 3.18. The number of esters is 1. The Morgan fingerprint density at radius 2 is 1.72 bits per heavy atom. The van der Waals surface area contributed by atoms with Crippen molar-refractivity contribution in [2.75, 3.05) is 5.32 Å². The minimum absolute atomic E-state index is 0.161. The lowest BCUT2D eigenvalue weighted by atomic mass is 10.1. The first-order chi connectivity index (χ1) is 17.4. The van der Waals surface area contributed by atoms with Gasteiger partial charge in [-0.2, -0.15) is 5.10 Å². The Bertz CT molecular complexity index is 1410. The normalized spacial score (nSPS) is 11.7. The number of anilines is 1. The van der Waals surface area contributed by atoms with Crippen LogP contribution in [0.1, 0.15) is 12.5 Å². The van der Waals surface area contributed by atoms with Gasteiger partial charge in [-0.3, -0.25) is 14.9 Å². The third-order valence-electron chi connectivity index (χ3n) is 5.20. The maximum Gasteiger partial charge on any atom is 0.331 e. The van der Waals surface area contributed by atoms with Crippen molar-refractivity contribution in [3.05, 3.63) is 113 Å². The Balaban J connectivity index is 1.47. The van der Waals surface area contributed by atoms with Gasteiger partial charge in [-0.05, 0) is 31.2 Å². The quantitative estimate of drug-likeness (QED) is 0.163. The van der Waals surface area contributed by atoms with Crippen molar-refractivity contribution in [2.45, 2.75) is 13.0 Å². The average molecular weight is 482 g/mol. The van der Waals surface area contributed by atoms with Crippen molar-refractivity contribution in [1.82, 2.24) is 9.78 Å². The maximum absolute atomic E-state index is 12.4. The minimum Gasteiger partial charge on any atom is -0.449 e. The van der Waals surface area contributed by atoms with E-state index < -0.39 is 22.9 Å². The number of hydrogen-bond donors (Lipinski definition) is 1. The lowest BCUT2D eigenvalue weighted by Crippen LogP contribution is -2.29. The lowest BCUT2D eigenvalue weighted by Gasteiger charge is -2.12. The van der Waals surface area contributed by atoms with E-state index in [-0.39, 0.29) is 11.4 Å². The molecule has 0 fully saturated rings. The summed E-state index contributed by atoms with van der Waals surface area (Å²) in [5.74, 6) is -1.33. The molecule has 1 unspecified atom stereocenters. The van der Waals surface area contributed by atoms with Crippen molar-refractivity contribution in [3.63, 3.8) is 0 Å². The van der Waals surface area contributed by atoms with Crippen LogP contribution in [0.15, 0.2) is 97.2 Å². The van der Waals surface area contributed by atoms with Gasteiger partial charge in [0.1, 0.15) is 0 Å². The van der Waals surface area contributed by atoms with Gasteiger partial charge in [-0.1, -0.05) is 54.6 Å². The fraction of sp³-hybridized carbons (Fsp3) is 0.0741. The molecule has 180 valence electrons. The third-order valence-corrected chi connectivity index (χ3v) is 5.20. The monoisotopic (exact) mass is 482 g/mol. The molecule has 1 amide bonds. The summed E-state index contributed by atoms with van der Waals surface area (Å²) < 4.78 is 6.95. The van der Waals surface area contributed by atoms with Crippen LogP contribution in [0.25, 0.3) is 23.0 Å². The molecule has 0 saturated carbocycles. The molecule has 9 nitrogen and oxygen atoms in total. The molecule has 3 aromatic carbocycles. The second kappa shape index (κ2) is 10.9. The van der Waals surface area contributed by atoms with E-state index >= 15 is 0 Å². The summed E-state index contributed by atoms with van der Waals surface area (Å²) in [7, 11) is 0. The predicted molar refractivity (Wildman–Crippen MR) is 135 cm³/mol. The van der Waals surface area contributed by atoms with E-state index in [0.717, 1.165) is 11.3 Å². The minimum atomic E-state index is -1.12. The molecule has 0 aliphatic rings. The van der Waals surface area contributed by atoms with E-state index in [1.54, 1.807) is 17.0 Å². The van der Waals surface area contributed by atoms with E-state index in [0.29, 0.717) is 11.3 Å². The number of nitro groups is 1. The molecule has 1 aromatic heterocycles. The van der Waals surface area contributed by atoms with E-state index in [1.807, 2.05) is 60.7 Å². The second-order valence-corrected chi connectivity index (χ2v) is 7.79. The zero-order valence-corrected chi connectivity index (χ0v) is 19.3. The molecule has 36 heavy (non-hydrogen) atoms.